The topological polar surface area (TPSA) is 41.1 Å². The van der Waals surface area contributed by atoms with Crippen LogP contribution < -0.4 is 5.43 Å². The SMILES string of the molecule is Cc1c(Cl)ncnc1NN1C(C)CCCC1C. The lowest BCUT2D eigenvalue weighted by Gasteiger charge is -2.39. The summed E-state index contributed by atoms with van der Waals surface area (Å²) in [5.74, 6) is 0.811. The summed E-state index contributed by atoms with van der Waals surface area (Å²) < 4.78 is 0. The molecule has 1 N–H and O–H groups in total. The number of hydrogen-bond donors (Lipinski definition) is 1. The lowest BCUT2D eigenvalue weighted by atomic mass is 10.00. The molecule has 94 valence electrons. The Morgan fingerprint density at radius 2 is 1.94 bits per heavy atom. The van der Waals surface area contributed by atoms with Crippen LogP contribution in [0, 0.1) is 6.92 Å². The van der Waals surface area contributed by atoms with Gasteiger partial charge in [-0.1, -0.05) is 18.0 Å². The Morgan fingerprint density at radius 3 is 2.59 bits per heavy atom. The van der Waals surface area contributed by atoms with Gasteiger partial charge >= 0.3 is 0 Å². The Bertz CT molecular complexity index is 386. The number of piperidine rings is 1. The highest BCUT2D eigenvalue weighted by Crippen LogP contribution is 2.25. The molecule has 0 radical (unpaired) electrons. The number of hydrogen-bond acceptors (Lipinski definition) is 4. The van der Waals surface area contributed by atoms with Crippen LogP contribution >= 0.6 is 11.6 Å². The third-order valence-electron chi connectivity index (χ3n) is 3.45. The normalized spacial score (nSPS) is 25.9. The number of aromatic nitrogens is 2. The highest BCUT2D eigenvalue weighted by molar-refractivity contribution is 6.30. The second kappa shape index (κ2) is 5.19. The largest absolute Gasteiger partial charge is 0.302 e. The predicted octanol–water partition coefficient (Wildman–Crippen LogP) is 3.03. The number of anilines is 1. The van der Waals surface area contributed by atoms with Crippen molar-refractivity contribution in [3.63, 3.8) is 0 Å². The molecule has 0 saturated carbocycles. The van der Waals surface area contributed by atoms with Crippen molar-refractivity contribution < 1.29 is 0 Å². The molecule has 2 heterocycles. The standard InChI is InChI=1S/C12H19ClN4/c1-8-5-4-6-9(2)17(8)16-12-10(3)11(13)14-7-15-12/h7-9H,4-6H2,1-3H3,(H,14,15,16). The average molecular weight is 255 g/mol. The molecule has 2 rings (SSSR count). The van der Waals surface area contributed by atoms with Crippen molar-refractivity contribution in [1.29, 1.82) is 0 Å². The number of rotatable bonds is 2. The number of nitrogens with zero attached hydrogens (tertiary/aromatic N) is 3. The van der Waals surface area contributed by atoms with Gasteiger partial charge in [0.05, 0.1) is 0 Å². The summed E-state index contributed by atoms with van der Waals surface area (Å²) in [6, 6.07) is 1.04. The quantitative estimate of drug-likeness (QED) is 0.824. The van der Waals surface area contributed by atoms with Gasteiger partial charge in [-0.25, -0.2) is 15.0 Å². The van der Waals surface area contributed by atoms with E-state index in [2.05, 4.69) is 34.3 Å². The van der Waals surface area contributed by atoms with Gasteiger partial charge in [0, 0.05) is 17.6 Å². The molecule has 1 aliphatic rings. The molecule has 0 amide bonds. The molecule has 1 fully saturated rings. The number of halogens is 1. The first-order valence-electron chi connectivity index (χ1n) is 6.11. The van der Waals surface area contributed by atoms with E-state index in [1.165, 1.54) is 25.6 Å². The van der Waals surface area contributed by atoms with E-state index in [0.29, 0.717) is 17.2 Å². The summed E-state index contributed by atoms with van der Waals surface area (Å²) >= 11 is 5.99. The fraction of sp³-hybridized carbons (Fsp3) is 0.667. The van der Waals surface area contributed by atoms with Gasteiger partial charge in [-0.05, 0) is 33.6 Å². The highest BCUT2D eigenvalue weighted by atomic mass is 35.5. The molecule has 0 aliphatic carbocycles. The first kappa shape index (κ1) is 12.6. The minimum atomic E-state index is 0.514. The summed E-state index contributed by atoms with van der Waals surface area (Å²) in [5.41, 5.74) is 4.29. The van der Waals surface area contributed by atoms with Crippen LogP contribution in [0.3, 0.4) is 0 Å². The van der Waals surface area contributed by atoms with Crippen LogP contribution in [0.2, 0.25) is 5.15 Å². The van der Waals surface area contributed by atoms with Crippen LogP contribution in [0.5, 0.6) is 0 Å². The van der Waals surface area contributed by atoms with Crippen LogP contribution in [0.25, 0.3) is 0 Å². The monoisotopic (exact) mass is 254 g/mol. The van der Waals surface area contributed by atoms with Crippen molar-refractivity contribution in [2.24, 2.45) is 0 Å². The van der Waals surface area contributed by atoms with Crippen molar-refractivity contribution in [3.8, 4) is 0 Å². The molecule has 2 unspecified atom stereocenters. The Morgan fingerprint density at radius 1 is 1.29 bits per heavy atom. The zero-order chi connectivity index (χ0) is 12.4. The Hall–Kier alpha value is -0.870. The predicted molar refractivity (Wildman–Crippen MR) is 70.0 cm³/mol. The fourth-order valence-electron chi connectivity index (χ4n) is 2.31. The second-order valence-corrected chi connectivity index (χ2v) is 5.14. The van der Waals surface area contributed by atoms with Crippen molar-refractivity contribution in [2.75, 3.05) is 5.43 Å². The van der Waals surface area contributed by atoms with E-state index < -0.39 is 0 Å². The lowest BCUT2D eigenvalue weighted by molar-refractivity contribution is 0.135. The molecular formula is C12H19ClN4. The van der Waals surface area contributed by atoms with E-state index in [4.69, 9.17) is 11.6 Å². The molecule has 2 atom stereocenters. The first-order chi connectivity index (χ1) is 8.09. The molecule has 1 aliphatic heterocycles. The van der Waals surface area contributed by atoms with Gasteiger partial charge in [-0.15, -0.1) is 0 Å². The molecule has 4 nitrogen and oxygen atoms in total. The van der Waals surface area contributed by atoms with Gasteiger partial charge in [-0.3, -0.25) is 0 Å². The van der Waals surface area contributed by atoms with Crippen LogP contribution in [0.1, 0.15) is 38.7 Å². The summed E-state index contributed by atoms with van der Waals surface area (Å²) in [5, 5.41) is 2.79. The van der Waals surface area contributed by atoms with Crippen LogP contribution in [-0.4, -0.2) is 27.1 Å². The van der Waals surface area contributed by atoms with E-state index in [-0.39, 0.29) is 0 Å². The van der Waals surface area contributed by atoms with Crippen LogP contribution in [-0.2, 0) is 0 Å². The van der Waals surface area contributed by atoms with Gasteiger partial charge < -0.3 is 5.43 Å². The van der Waals surface area contributed by atoms with Gasteiger partial charge in [0.1, 0.15) is 17.3 Å². The van der Waals surface area contributed by atoms with Gasteiger partial charge in [-0.2, -0.15) is 0 Å². The average Bonchev–Trinajstić information content (AvgIpc) is 2.29. The van der Waals surface area contributed by atoms with E-state index in [1.807, 2.05) is 6.92 Å². The van der Waals surface area contributed by atoms with E-state index in [9.17, 15) is 0 Å². The number of hydrazine groups is 1. The maximum absolute atomic E-state index is 5.99. The molecular weight excluding hydrogens is 236 g/mol. The molecule has 0 spiro atoms. The first-order valence-corrected chi connectivity index (χ1v) is 6.49. The van der Waals surface area contributed by atoms with Gasteiger partial charge in [0.15, 0.2) is 0 Å². The summed E-state index contributed by atoms with van der Waals surface area (Å²) in [6.07, 6.45) is 5.23. The van der Waals surface area contributed by atoms with Gasteiger partial charge in [0.25, 0.3) is 0 Å². The molecule has 5 heteroatoms. The second-order valence-electron chi connectivity index (χ2n) is 4.79. The maximum Gasteiger partial charge on any atom is 0.148 e. The Kier molecular flexibility index (Phi) is 3.84. The molecule has 1 aromatic heterocycles. The molecule has 1 aromatic rings. The molecule has 17 heavy (non-hydrogen) atoms. The third kappa shape index (κ3) is 2.69. The van der Waals surface area contributed by atoms with Crippen molar-refractivity contribution in [1.82, 2.24) is 15.0 Å². The fourth-order valence-corrected chi connectivity index (χ4v) is 2.44. The van der Waals surface area contributed by atoms with E-state index in [1.54, 1.807) is 0 Å². The van der Waals surface area contributed by atoms with Crippen molar-refractivity contribution >= 4 is 17.4 Å². The van der Waals surface area contributed by atoms with E-state index in [0.717, 1.165) is 11.4 Å². The maximum atomic E-state index is 5.99. The smallest absolute Gasteiger partial charge is 0.148 e. The lowest BCUT2D eigenvalue weighted by Crippen LogP contribution is -2.47. The molecule has 0 bridgehead atoms. The zero-order valence-electron chi connectivity index (χ0n) is 10.6. The summed E-state index contributed by atoms with van der Waals surface area (Å²) in [6.45, 7) is 6.41. The van der Waals surface area contributed by atoms with Crippen LogP contribution in [0.15, 0.2) is 6.33 Å². The highest BCUT2D eigenvalue weighted by Gasteiger charge is 2.25. The zero-order valence-corrected chi connectivity index (χ0v) is 11.3. The number of nitrogens with one attached hydrogen (secondary N) is 1. The minimum Gasteiger partial charge on any atom is -0.302 e. The van der Waals surface area contributed by atoms with E-state index >= 15 is 0 Å². The summed E-state index contributed by atoms with van der Waals surface area (Å²) in [7, 11) is 0. The third-order valence-corrected chi connectivity index (χ3v) is 3.83. The summed E-state index contributed by atoms with van der Waals surface area (Å²) in [4.78, 5) is 8.22. The molecule has 0 aromatic carbocycles. The van der Waals surface area contributed by atoms with Crippen LogP contribution in [0.4, 0.5) is 5.82 Å². The van der Waals surface area contributed by atoms with Crippen molar-refractivity contribution in [2.45, 2.75) is 52.1 Å². The molecule has 1 saturated heterocycles. The van der Waals surface area contributed by atoms with Crippen molar-refractivity contribution in [3.05, 3.63) is 17.0 Å². The Labute approximate surface area is 107 Å². The Balaban J connectivity index is 2.16. The van der Waals surface area contributed by atoms with Gasteiger partial charge in [0.2, 0.25) is 0 Å². The minimum absolute atomic E-state index is 0.514.